The number of rotatable bonds is 11. The van der Waals surface area contributed by atoms with Gasteiger partial charge in [0, 0.05) is 24.2 Å². The number of fused-ring (bicyclic) bond motifs is 1. The Morgan fingerprint density at radius 1 is 0.920 bits per heavy atom. The Morgan fingerprint density at radius 3 is 2.28 bits per heavy atom. The minimum atomic E-state index is 0.108. The first-order chi connectivity index (χ1) is 12.2. The Morgan fingerprint density at radius 2 is 1.56 bits per heavy atom. The lowest BCUT2D eigenvalue weighted by atomic mass is 10.1. The highest BCUT2D eigenvalue weighted by Crippen LogP contribution is 2.14. The molecule has 0 atom stereocenters. The third kappa shape index (κ3) is 6.19. The van der Waals surface area contributed by atoms with Crippen LogP contribution in [0.5, 0.6) is 0 Å². The Bertz CT molecular complexity index is 726. The van der Waals surface area contributed by atoms with Gasteiger partial charge in [0.05, 0.1) is 5.52 Å². The van der Waals surface area contributed by atoms with Gasteiger partial charge in [0.1, 0.15) is 0 Å². The molecule has 2 rings (SSSR count). The van der Waals surface area contributed by atoms with E-state index in [1.807, 2.05) is 31.3 Å². The number of nitrogens with zero attached hydrogens (tertiary/aromatic N) is 1. The minimum Gasteiger partial charge on any atom is -0.344 e. The second-order valence-corrected chi connectivity index (χ2v) is 7.03. The third-order valence-corrected chi connectivity index (χ3v) is 4.96. The van der Waals surface area contributed by atoms with Crippen LogP contribution in [-0.4, -0.2) is 4.57 Å². The summed E-state index contributed by atoms with van der Waals surface area (Å²) in [6.07, 6.45) is 17.6. The van der Waals surface area contributed by atoms with Crippen molar-refractivity contribution in [3.05, 3.63) is 52.3 Å². The first kappa shape index (κ1) is 19.5. The molecule has 1 aromatic heterocycles. The lowest BCUT2D eigenvalue weighted by Gasteiger charge is -2.09. The van der Waals surface area contributed by atoms with Gasteiger partial charge in [-0.05, 0) is 31.1 Å². The van der Waals surface area contributed by atoms with Crippen LogP contribution in [-0.2, 0) is 7.05 Å². The molecular weight excluding hydrogens is 306 g/mol. The lowest BCUT2D eigenvalue weighted by molar-refractivity contribution is 0.566. The predicted octanol–water partition coefficient (Wildman–Crippen LogP) is 6.47. The molecule has 0 amide bonds. The summed E-state index contributed by atoms with van der Waals surface area (Å²) in [5.41, 5.74) is 2.09. The topological polar surface area (TPSA) is 22.0 Å². The summed E-state index contributed by atoms with van der Waals surface area (Å²) < 4.78 is 2.10. The van der Waals surface area contributed by atoms with Crippen molar-refractivity contribution in [2.24, 2.45) is 7.05 Å². The highest BCUT2D eigenvalue weighted by atomic mass is 16.1. The fraction of sp³-hybridized carbons (Fsp3) is 0.522. The zero-order valence-corrected chi connectivity index (χ0v) is 16.0. The lowest BCUT2D eigenvalue weighted by Crippen LogP contribution is -2.08. The summed E-state index contributed by atoms with van der Waals surface area (Å²) in [6.45, 7) is 2.27. The average molecular weight is 340 g/mol. The molecule has 2 nitrogen and oxygen atoms in total. The number of unbranched alkanes of at least 4 members (excludes halogenated alkanes) is 9. The average Bonchev–Trinajstić information content (AvgIpc) is 2.63. The molecule has 0 saturated heterocycles. The van der Waals surface area contributed by atoms with Gasteiger partial charge in [-0.25, -0.2) is 0 Å². The van der Waals surface area contributed by atoms with Gasteiger partial charge in [-0.15, -0.1) is 0 Å². The maximum Gasteiger partial charge on any atom is 0.190 e. The molecule has 0 aliphatic rings. The maximum absolute atomic E-state index is 12.2. The Balaban J connectivity index is 1.73. The van der Waals surface area contributed by atoms with Crippen molar-refractivity contribution in [2.75, 3.05) is 0 Å². The summed E-state index contributed by atoms with van der Waals surface area (Å²) in [6, 6.07) is 9.55. The van der Waals surface area contributed by atoms with Crippen molar-refractivity contribution < 1.29 is 0 Å². The summed E-state index contributed by atoms with van der Waals surface area (Å²) in [5, 5.41) is 0.793. The number of allylic oxidation sites excluding steroid dienone is 1. The van der Waals surface area contributed by atoms with Gasteiger partial charge in [-0.3, -0.25) is 4.79 Å². The van der Waals surface area contributed by atoms with E-state index in [1.165, 1.54) is 57.8 Å². The molecule has 0 N–H and O–H groups in total. The van der Waals surface area contributed by atoms with Crippen molar-refractivity contribution in [1.82, 2.24) is 4.57 Å². The highest BCUT2D eigenvalue weighted by Gasteiger charge is 2.03. The molecule has 0 aliphatic carbocycles. The van der Waals surface area contributed by atoms with Crippen molar-refractivity contribution in [2.45, 2.75) is 71.1 Å². The quantitative estimate of drug-likeness (QED) is 0.430. The van der Waals surface area contributed by atoms with Gasteiger partial charge < -0.3 is 4.57 Å². The second kappa shape index (κ2) is 10.9. The fourth-order valence-electron chi connectivity index (χ4n) is 3.36. The standard InChI is InChI=1S/C23H33NO/c1-3-4-5-6-7-8-9-10-11-12-13-16-20-19-23(25)21-17-14-15-18-22(21)24(20)2/h13-19H,3-12H2,1-2H3/b16-13+. The molecule has 0 fully saturated rings. The zero-order valence-electron chi connectivity index (χ0n) is 16.0. The van der Waals surface area contributed by atoms with E-state index in [0.717, 1.165) is 23.0 Å². The van der Waals surface area contributed by atoms with E-state index in [-0.39, 0.29) is 5.43 Å². The van der Waals surface area contributed by atoms with Crippen LogP contribution in [0.3, 0.4) is 0 Å². The molecule has 2 heteroatoms. The molecule has 1 aromatic carbocycles. The Labute approximate surface area is 152 Å². The van der Waals surface area contributed by atoms with Crippen LogP contribution in [0.1, 0.15) is 76.8 Å². The third-order valence-electron chi connectivity index (χ3n) is 4.96. The number of aryl methyl sites for hydroxylation is 1. The maximum atomic E-state index is 12.2. The molecule has 0 spiro atoms. The highest BCUT2D eigenvalue weighted by molar-refractivity contribution is 5.80. The van der Waals surface area contributed by atoms with Crippen LogP contribution >= 0.6 is 0 Å². The number of hydrogen-bond donors (Lipinski definition) is 0. The summed E-state index contributed by atoms with van der Waals surface area (Å²) in [7, 11) is 2.03. The van der Waals surface area contributed by atoms with Crippen molar-refractivity contribution >= 4 is 17.0 Å². The van der Waals surface area contributed by atoms with E-state index in [9.17, 15) is 4.79 Å². The molecule has 1 heterocycles. The second-order valence-electron chi connectivity index (χ2n) is 7.03. The normalized spacial score (nSPS) is 11.6. The van der Waals surface area contributed by atoms with Crippen molar-refractivity contribution in [1.29, 1.82) is 0 Å². The molecular formula is C23H33NO. The molecule has 25 heavy (non-hydrogen) atoms. The van der Waals surface area contributed by atoms with E-state index in [0.29, 0.717) is 0 Å². The van der Waals surface area contributed by atoms with E-state index >= 15 is 0 Å². The van der Waals surface area contributed by atoms with Crippen LogP contribution in [0.25, 0.3) is 17.0 Å². The van der Waals surface area contributed by atoms with Crippen LogP contribution in [0, 0.1) is 0 Å². The van der Waals surface area contributed by atoms with Crippen LogP contribution in [0.15, 0.2) is 41.2 Å². The van der Waals surface area contributed by atoms with Crippen LogP contribution < -0.4 is 5.43 Å². The predicted molar refractivity (Wildman–Crippen MR) is 110 cm³/mol. The van der Waals surface area contributed by atoms with Gasteiger partial charge in [0.25, 0.3) is 0 Å². The first-order valence-electron chi connectivity index (χ1n) is 9.99. The van der Waals surface area contributed by atoms with E-state index in [4.69, 9.17) is 0 Å². The number of benzene rings is 1. The smallest absolute Gasteiger partial charge is 0.190 e. The van der Waals surface area contributed by atoms with E-state index in [1.54, 1.807) is 6.07 Å². The monoisotopic (exact) mass is 339 g/mol. The molecule has 136 valence electrons. The minimum absolute atomic E-state index is 0.108. The van der Waals surface area contributed by atoms with Gasteiger partial charge >= 0.3 is 0 Å². The summed E-state index contributed by atoms with van der Waals surface area (Å²) in [4.78, 5) is 12.2. The van der Waals surface area contributed by atoms with Gasteiger partial charge in [0.2, 0.25) is 0 Å². The van der Waals surface area contributed by atoms with Crippen LogP contribution in [0.2, 0.25) is 0 Å². The SMILES string of the molecule is CCCCCCCCCCC/C=C/c1cc(=O)c2ccccc2n1C. The van der Waals surface area contributed by atoms with Crippen LogP contribution in [0.4, 0.5) is 0 Å². The number of para-hydroxylation sites is 1. The fourth-order valence-corrected chi connectivity index (χ4v) is 3.36. The van der Waals surface area contributed by atoms with Crippen molar-refractivity contribution in [3.63, 3.8) is 0 Å². The molecule has 0 radical (unpaired) electrons. The van der Waals surface area contributed by atoms with Gasteiger partial charge in [-0.1, -0.05) is 76.5 Å². The molecule has 2 aromatic rings. The van der Waals surface area contributed by atoms with E-state index < -0.39 is 0 Å². The Kier molecular flexibility index (Phi) is 8.51. The summed E-state index contributed by atoms with van der Waals surface area (Å²) in [5.74, 6) is 0. The van der Waals surface area contributed by atoms with Crippen molar-refractivity contribution in [3.8, 4) is 0 Å². The number of pyridine rings is 1. The molecule has 0 aliphatic heterocycles. The number of aromatic nitrogens is 1. The molecule has 0 unspecified atom stereocenters. The zero-order chi connectivity index (χ0) is 17.9. The summed E-state index contributed by atoms with van der Waals surface area (Å²) >= 11 is 0. The largest absolute Gasteiger partial charge is 0.344 e. The molecule has 0 bridgehead atoms. The molecule has 0 saturated carbocycles. The Hall–Kier alpha value is -1.83. The van der Waals surface area contributed by atoms with Gasteiger partial charge in [0.15, 0.2) is 5.43 Å². The first-order valence-corrected chi connectivity index (χ1v) is 9.99. The van der Waals surface area contributed by atoms with Gasteiger partial charge in [-0.2, -0.15) is 0 Å². The number of hydrogen-bond acceptors (Lipinski definition) is 1. The van der Waals surface area contributed by atoms with E-state index in [2.05, 4.69) is 23.6 Å².